The molecular weight excluding hydrogens is 236 g/mol. The summed E-state index contributed by atoms with van der Waals surface area (Å²) in [4.78, 5) is 4.25. The molecule has 0 fully saturated rings. The lowest BCUT2D eigenvalue weighted by molar-refractivity contribution is 0.320. The summed E-state index contributed by atoms with van der Waals surface area (Å²) in [6, 6.07) is 13.6. The van der Waals surface area contributed by atoms with Crippen molar-refractivity contribution in [1.29, 1.82) is 0 Å². The molecule has 0 radical (unpaired) electrons. The van der Waals surface area contributed by atoms with Gasteiger partial charge in [0.1, 0.15) is 5.75 Å². The van der Waals surface area contributed by atoms with Crippen molar-refractivity contribution in [2.45, 2.75) is 6.42 Å². The lowest BCUT2D eigenvalue weighted by atomic mass is 10.2. The Balaban J connectivity index is 1.89. The molecule has 0 aliphatic heterocycles. The summed E-state index contributed by atoms with van der Waals surface area (Å²) < 4.78 is 5.69. The molecule has 1 heterocycles. The van der Waals surface area contributed by atoms with E-state index in [2.05, 4.69) is 16.8 Å². The van der Waals surface area contributed by atoms with Crippen LogP contribution in [-0.2, 0) is 6.42 Å². The second-order valence-electron chi connectivity index (χ2n) is 3.95. The predicted molar refractivity (Wildman–Crippen MR) is 75.8 cm³/mol. The summed E-state index contributed by atoms with van der Waals surface area (Å²) in [5.74, 6) is 6.63. The van der Waals surface area contributed by atoms with Crippen molar-refractivity contribution in [1.82, 2.24) is 4.98 Å². The van der Waals surface area contributed by atoms with Gasteiger partial charge in [-0.25, -0.2) is 0 Å². The lowest BCUT2D eigenvalue weighted by Crippen LogP contribution is -2.02. The fraction of sp³-hybridized carbons (Fsp3) is 0.188. The van der Waals surface area contributed by atoms with Crippen LogP contribution >= 0.6 is 0 Å². The molecular formula is C16H16N2O. The van der Waals surface area contributed by atoms with Gasteiger partial charge in [0.05, 0.1) is 13.2 Å². The molecule has 0 saturated carbocycles. The van der Waals surface area contributed by atoms with Crippen molar-refractivity contribution in [3.63, 3.8) is 0 Å². The minimum atomic E-state index is 0.366. The number of ether oxygens (including phenoxy) is 1. The van der Waals surface area contributed by atoms with E-state index >= 15 is 0 Å². The van der Waals surface area contributed by atoms with Crippen LogP contribution in [0.2, 0.25) is 0 Å². The average molecular weight is 252 g/mol. The smallest absolute Gasteiger partial charge is 0.120 e. The van der Waals surface area contributed by atoms with E-state index in [9.17, 15) is 0 Å². The fourth-order valence-electron chi connectivity index (χ4n) is 1.64. The molecule has 19 heavy (non-hydrogen) atoms. The van der Waals surface area contributed by atoms with Gasteiger partial charge >= 0.3 is 0 Å². The number of hydrogen-bond donors (Lipinski definition) is 1. The van der Waals surface area contributed by atoms with Crippen molar-refractivity contribution >= 4 is 0 Å². The Kier molecular flexibility index (Phi) is 4.97. The van der Waals surface area contributed by atoms with Crippen LogP contribution in [-0.4, -0.2) is 18.1 Å². The quantitative estimate of drug-likeness (QED) is 0.847. The third-order valence-electron chi connectivity index (χ3n) is 2.52. The molecule has 2 N–H and O–H groups in total. The zero-order valence-electron chi connectivity index (χ0n) is 10.7. The number of benzene rings is 1. The van der Waals surface area contributed by atoms with Gasteiger partial charge in [0.25, 0.3) is 0 Å². The lowest BCUT2D eigenvalue weighted by Gasteiger charge is -2.06. The summed E-state index contributed by atoms with van der Waals surface area (Å²) in [5, 5.41) is 0. The van der Waals surface area contributed by atoms with E-state index in [1.807, 2.05) is 42.5 Å². The largest absolute Gasteiger partial charge is 0.493 e. The Bertz CT molecular complexity index is 570. The highest BCUT2D eigenvalue weighted by atomic mass is 16.5. The van der Waals surface area contributed by atoms with Crippen molar-refractivity contribution in [3.05, 3.63) is 59.9 Å². The van der Waals surface area contributed by atoms with E-state index in [1.54, 1.807) is 6.20 Å². The molecule has 0 amide bonds. The van der Waals surface area contributed by atoms with E-state index in [0.717, 1.165) is 23.4 Å². The van der Waals surface area contributed by atoms with Crippen molar-refractivity contribution in [2.24, 2.45) is 5.73 Å². The topological polar surface area (TPSA) is 48.1 Å². The standard InChI is InChI=1S/C16H16N2O/c17-10-4-6-14-5-3-8-16(13-14)19-12-9-15-7-1-2-11-18-15/h1-3,5,7-8,11,13H,9-10,12,17H2. The maximum absolute atomic E-state index is 5.69. The fourth-order valence-corrected chi connectivity index (χ4v) is 1.64. The second-order valence-corrected chi connectivity index (χ2v) is 3.95. The first-order chi connectivity index (χ1) is 9.38. The van der Waals surface area contributed by atoms with E-state index in [1.165, 1.54) is 0 Å². The zero-order chi connectivity index (χ0) is 13.3. The first kappa shape index (κ1) is 13.1. The average Bonchev–Trinajstić information content (AvgIpc) is 2.47. The van der Waals surface area contributed by atoms with Crippen molar-refractivity contribution in [2.75, 3.05) is 13.2 Å². The normalized spacial score (nSPS) is 9.53. The Morgan fingerprint density at radius 1 is 1.16 bits per heavy atom. The molecule has 96 valence electrons. The third kappa shape index (κ3) is 4.46. The second kappa shape index (κ2) is 7.20. The van der Waals surface area contributed by atoms with Crippen LogP contribution in [0.25, 0.3) is 0 Å². The molecule has 0 aliphatic rings. The van der Waals surface area contributed by atoms with Gasteiger partial charge < -0.3 is 10.5 Å². The van der Waals surface area contributed by atoms with Gasteiger partial charge in [0.15, 0.2) is 0 Å². The molecule has 3 nitrogen and oxygen atoms in total. The molecule has 0 aliphatic carbocycles. The molecule has 1 aromatic heterocycles. The van der Waals surface area contributed by atoms with Gasteiger partial charge in [-0.1, -0.05) is 24.0 Å². The van der Waals surface area contributed by atoms with Gasteiger partial charge in [-0.2, -0.15) is 0 Å². The van der Waals surface area contributed by atoms with E-state index in [-0.39, 0.29) is 0 Å². The molecule has 0 atom stereocenters. The van der Waals surface area contributed by atoms with Crippen LogP contribution in [0.5, 0.6) is 5.75 Å². The van der Waals surface area contributed by atoms with Gasteiger partial charge in [0, 0.05) is 23.9 Å². The van der Waals surface area contributed by atoms with Gasteiger partial charge in [0.2, 0.25) is 0 Å². The summed E-state index contributed by atoms with van der Waals surface area (Å²) in [5.41, 5.74) is 7.29. The zero-order valence-corrected chi connectivity index (χ0v) is 10.7. The van der Waals surface area contributed by atoms with Crippen molar-refractivity contribution in [3.8, 4) is 17.6 Å². The van der Waals surface area contributed by atoms with Crippen LogP contribution < -0.4 is 10.5 Å². The number of hydrogen-bond acceptors (Lipinski definition) is 3. The van der Waals surface area contributed by atoms with Crippen LogP contribution in [0.15, 0.2) is 48.7 Å². The molecule has 0 saturated heterocycles. The summed E-state index contributed by atoms with van der Waals surface area (Å²) in [6.07, 6.45) is 2.58. The van der Waals surface area contributed by atoms with Crippen molar-refractivity contribution < 1.29 is 4.74 Å². The molecule has 0 unspecified atom stereocenters. The Hall–Kier alpha value is -2.31. The highest BCUT2D eigenvalue weighted by Crippen LogP contribution is 2.12. The molecule has 3 heteroatoms. The summed E-state index contributed by atoms with van der Waals surface area (Å²) in [6.45, 7) is 0.968. The minimum Gasteiger partial charge on any atom is -0.493 e. The van der Waals surface area contributed by atoms with E-state index < -0.39 is 0 Å². The monoisotopic (exact) mass is 252 g/mol. The molecule has 2 rings (SSSR count). The molecule has 0 bridgehead atoms. The minimum absolute atomic E-state index is 0.366. The molecule has 2 aromatic rings. The summed E-state index contributed by atoms with van der Waals surface area (Å²) in [7, 11) is 0. The Morgan fingerprint density at radius 2 is 2.11 bits per heavy atom. The first-order valence-corrected chi connectivity index (χ1v) is 6.20. The van der Waals surface area contributed by atoms with E-state index in [0.29, 0.717) is 13.2 Å². The number of nitrogens with zero attached hydrogens (tertiary/aromatic N) is 1. The molecule has 1 aromatic carbocycles. The SMILES string of the molecule is NCC#Cc1cccc(OCCc2ccccn2)c1. The van der Waals surface area contributed by atoms with Crippen LogP contribution in [0, 0.1) is 11.8 Å². The Labute approximate surface area is 113 Å². The maximum Gasteiger partial charge on any atom is 0.120 e. The predicted octanol–water partition coefficient (Wildman–Crippen LogP) is 2.01. The number of rotatable bonds is 4. The van der Waals surface area contributed by atoms with Crippen LogP contribution in [0.4, 0.5) is 0 Å². The van der Waals surface area contributed by atoms with Crippen LogP contribution in [0.3, 0.4) is 0 Å². The number of pyridine rings is 1. The summed E-state index contributed by atoms with van der Waals surface area (Å²) >= 11 is 0. The van der Waals surface area contributed by atoms with Crippen LogP contribution in [0.1, 0.15) is 11.3 Å². The van der Waals surface area contributed by atoms with Gasteiger partial charge in [-0.3, -0.25) is 4.98 Å². The first-order valence-electron chi connectivity index (χ1n) is 6.20. The third-order valence-corrected chi connectivity index (χ3v) is 2.52. The highest BCUT2D eigenvalue weighted by Gasteiger charge is 1.97. The van der Waals surface area contributed by atoms with E-state index in [4.69, 9.17) is 10.5 Å². The highest BCUT2D eigenvalue weighted by molar-refractivity contribution is 5.39. The number of nitrogens with two attached hydrogens (primary N) is 1. The van der Waals surface area contributed by atoms with Gasteiger partial charge in [-0.15, -0.1) is 0 Å². The molecule has 0 spiro atoms. The van der Waals surface area contributed by atoms with Gasteiger partial charge in [-0.05, 0) is 30.3 Å². The number of aromatic nitrogens is 1. The maximum atomic E-state index is 5.69. The Morgan fingerprint density at radius 3 is 2.89 bits per heavy atom.